The zero-order valence-corrected chi connectivity index (χ0v) is 23.0. The molecule has 38 heavy (non-hydrogen) atoms. The predicted molar refractivity (Wildman–Crippen MR) is 154 cm³/mol. The molecule has 3 aromatic carbocycles. The number of thiophene rings is 1. The fourth-order valence-electron chi connectivity index (χ4n) is 5.28. The molecular formula is C31H30ClFN2O2S. The largest absolute Gasteiger partial charge is 0.330 e. The normalized spacial score (nSPS) is 17.5. The number of benzene rings is 3. The second-order valence-electron chi connectivity index (χ2n) is 9.91. The van der Waals surface area contributed by atoms with Crippen LogP contribution in [0.25, 0.3) is 21.2 Å². The summed E-state index contributed by atoms with van der Waals surface area (Å²) in [5, 5.41) is 4.67. The van der Waals surface area contributed by atoms with Gasteiger partial charge in [-0.1, -0.05) is 60.1 Å². The Kier molecular flexibility index (Phi) is 7.93. The highest BCUT2D eigenvalue weighted by Crippen LogP contribution is 2.38. The van der Waals surface area contributed by atoms with Gasteiger partial charge in [-0.15, -0.1) is 11.3 Å². The van der Waals surface area contributed by atoms with Gasteiger partial charge in [-0.3, -0.25) is 9.59 Å². The number of carbonyl (C=O) groups is 2. The Morgan fingerprint density at radius 3 is 2.34 bits per heavy atom. The maximum Gasteiger partial charge on any atom is 0.266 e. The van der Waals surface area contributed by atoms with Crippen LogP contribution < -0.4 is 5.32 Å². The van der Waals surface area contributed by atoms with Gasteiger partial charge >= 0.3 is 0 Å². The molecule has 1 saturated carbocycles. The standard InChI is InChI=1S/C31H30ClFN2O2S/c1-19(36)20-7-9-21(10-8-20)22-11-16-27(33)23(17-22)18-35(25-14-12-24(34-2)13-15-25)31(37)30-29(32)26-5-3-4-6-28(26)38-30/h3-11,16-17,24-25,34H,12-15,18H2,1-2H3. The Morgan fingerprint density at radius 1 is 1.00 bits per heavy atom. The molecule has 5 rings (SSSR count). The maximum absolute atomic E-state index is 15.2. The molecule has 1 aromatic heterocycles. The highest BCUT2D eigenvalue weighted by Gasteiger charge is 2.32. The molecule has 1 fully saturated rings. The van der Waals surface area contributed by atoms with E-state index in [1.165, 1.54) is 24.3 Å². The molecule has 1 aliphatic carbocycles. The van der Waals surface area contributed by atoms with Crippen LogP contribution in [0.3, 0.4) is 0 Å². The van der Waals surface area contributed by atoms with E-state index in [2.05, 4.69) is 5.32 Å². The topological polar surface area (TPSA) is 49.4 Å². The average Bonchev–Trinajstić information content (AvgIpc) is 3.28. The van der Waals surface area contributed by atoms with Crippen LogP contribution in [0.4, 0.5) is 4.39 Å². The van der Waals surface area contributed by atoms with Crippen molar-refractivity contribution in [3.05, 3.63) is 93.6 Å². The number of amides is 1. The molecule has 1 N–H and O–H groups in total. The third kappa shape index (κ3) is 5.39. The summed E-state index contributed by atoms with van der Waals surface area (Å²) < 4.78 is 16.2. The first-order chi connectivity index (χ1) is 18.4. The van der Waals surface area contributed by atoms with Crippen LogP contribution in [-0.4, -0.2) is 35.7 Å². The lowest BCUT2D eigenvalue weighted by atomic mass is 9.89. The summed E-state index contributed by atoms with van der Waals surface area (Å²) in [6.45, 7) is 1.69. The summed E-state index contributed by atoms with van der Waals surface area (Å²) >= 11 is 8.10. The van der Waals surface area contributed by atoms with Crippen molar-refractivity contribution in [2.45, 2.75) is 51.2 Å². The molecular weight excluding hydrogens is 519 g/mol. The smallest absolute Gasteiger partial charge is 0.266 e. The van der Waals surface area contributed by atoms with Crippen molar-refractivity contribution in [1.29, 1.82) is 0 Å². The molecule has 0 aliphatic heterocycles. The third-order valence-electron chi connectivity index (χ3n) is 7.55. The first-order valence-corrected chi connectivity index (χ1v) is 14.1. The highest BCUT2D eigenvalue weighted by molar-refractivity contribution is 7.21. The first-order valence-electron chi connectivity index (χ1n) is 12.9. The van der Waals surface area contributed by atoms with Gasteiger partial charge in [0, 0.05) is 39.8 Å². The number of rotatable bonds is 7. The van der Waals surface area contributed by atoms with Gasteiger partial charge in [0.25, 0.3) is 5.91 Å². The van der Waals surface area contributed by atoms with Crippen molar-refractivity contribution < 1.29 is 14.0 Å². The molecule has 0 saturated heterocycles. The summed E-state index contributed by atoms with van der Waals surface area (Å²) in [5.74, 6) is -0.503. The number of ketones is 1. The number of hydrogen-bond acceptors (Lipinski definition) is 4. The molecule has 196 valence electrons. The SMILES string of the molecule is CNC1CCC(N(Cc2cc(-c3ccc(C(C)=O)cc3)ccc2F)C(=O)c2sc3ccccc3c2Cl)CC1. The predicted octanol–water partition coefficient (Wildman–Crippen LogP) is 7.74. The van der Waals surface area contributed by atoms with Crippen molar-refractivity contribution in [3.8, 4) is 11.1 Å². The fraction of sp³-hybridized carbons (Fsp3) is 0.290. The number of fused-ring (bicyclic) bond motifs is 1. The van der Waals surface area contributed by atoms with Crippen LogP contribution in [0.5, 0.6) is 0 Å². The minimum Gasteiger partial charge on any atom is -0.330 e. The molecule has 0 bridgehead atoms. The van der Waals surface area contributed by atoms with E-state index in [0.717, 1.165) is 46.9 Å². The van der Waals surface area contributed by atoms with E-state index >= 15 is 4.39 Å². The molecule has 0 radical (unpaired) electrons. The van der Waals surface area contributed by atoms with Gasteiger partial charge in [0.2, 0.25) is 0 Å². The van der Waals surface area contributed by atoms with Crippen LogP contribution in [0, 0.1) is 5.82 Å². The van der Waals surface area contributed by atoms with Crippen LogP contribution in [0.1, 0.15) is 58.2 Å². The molecule has 4 aromatic rings. The minimum atomic E-state index is -0.349. The van der Waals surface area contributed by atoms with E-state index in [0.29, 0.717) is 27.1 Å². The molecule has 1 heterocycles. The second-order valence-corrected chi connectivity index (χ2v) is 11.3. The summed E-state index contributed by atoms with van der Waals surface area (Å²) in [5.41, 5.74) is 2.81. The van der Waals surface area contributed by atoms with Gasteiger partial charge < -0.3 is 10.2 Å². The number of hydrogen-bond donors (Lipinski definition) is 1. The van der Waals surface area contributed by atoms with Gasteiger partial charge in [-0.2, -0.15) is 0 Å². The molecule has 1 aliphatic rings. The molecule has 7 heteroatoms. The third-order valence-corrected chi connectivity index (χ3v) is 9.21. The van der Waals surface area contributed by atoms with Crippen molar-refractivity contribution >= 4 is 44.7 Å². The monoisotopic (exact) mass is 548 g/mol. The van der Waals surface area contributed by atoms with Crippen LogP contribution >= 0.6 is 22.9 Å². The van der Waals surface area contributed by atoms with E-state index in [-0.39, 0.29) is 30.1 Å². The Bertz CT molecular complexity index is 1480. The molecule has 4 nitrogen and oxygen atoms in total. The molecule has 0 atom stereocenters. The van der Waals surface area contributed by atoms with Crippen LogP contribution in [0.2, 0.25) is 5.02 Å². The first kappa shape index (κ1) is 26.5. The second kappa shape index (κ2) is 11.4. The van der Waals surface area contributed by atoms with Gasteiger partial charge in [0.1, 0.15) is 10.7 Å². The van der Waals surface area contributed by atoms with Gasteiger partial charge in [-0.05, 0) is 69.0 Å². The highest BCUT2D eigenvalue weighted by atomic mass is 35.5. The van der Waals surface area contributed by atoms with E-state index in [9.17, 15) is 9.59 Å². The maximum atomic E-state index is 15.2. The van der Waals surface area contributed by atoms with Crippen LogP contribution in [-0.2, 0) is 6.54 Å². The quantitative estimate of drug-likeness (QED) is 0.240. The fourth-order valence-corrected chi connectivity index (χ4v) is 6.75. The number of nitrogens with one attached hydrogen (secondary N) is 1. The van der Waals surface area contributed by atoms with Gasteiger partial charge in [0.15, 0.2) is 5.78 Å². The zero-order chi connectivity index (χ0) is 26.8. The summed E-state index contributed by atoms with van der Waals surface area (Å²) in [7, 11) is 1.97. The van der Waals surface area contributed by atoms with E-state index in [1.54, 1.807) is 18.2 Å². The Hall–Kier alpha value is -3.06. The van der Waals surface area contributed by atoms with Crippen molar-refractivity contribution in [2.24, 2.45) is 0 Å². The van der Waals surface area contributed by atoms with E-state index in [4.69, 9.17) is 11.6 Å². The summed E-state index contributed by atoms with van der Waals surface area (Å²) in [6.07, 6.45) is 3.59. The number of nitrogens with zero attached hydrogens (tertiary/aromatic N) is 1. The van der Waals surface area contributed by atoms with Crippen molar-refractivity contribution in [2.75, 3.05) is 7.05 Å². The summed E-state index contributed by atoms with van der Waals surface area (Å²) in [4.78, 5) is 28.0. The lowest BCUT2D eigenvalue weighted by Crippen LogP contribution is -2.44. The minimum absolute atomic E-state index is 0.00149. The Labute approximate surface area is 231 Å². The van der Waals surface area contributed by atoms with E-state index in [1.807, 2.05) is 54.4 Å². The zero-order valence-electron chi connectivity index (χ0n) is 21.5. The Balaban J connectivity index is 1.49. The van der Waals surface area contributed by atoms with E-state index < -0.39 is 0 Å². The van der Waals surface area contributed by atoms with Crippen LogP contribution in [0.15, 0.2) is 66.7 Å². The lowest BCUT2D eigenvalue weighted by Gasteiger charge is -2.37. The number of Topliss-reactive ketones (excluding diaryl/α,β-unsaturated/α-hetero) is 1. The summed E-state index contributed by atoms with van der Waals surface area (Å²) in [6, 6.07) is 20.4. The number of carbonyl (C=O) groups excluding carboxylic acids is 2. The van der Waals surface area contributed by atoms with Crippen molar-refractivity contribution in [1.82, 2.24) is 10.2 Å². The van der Waals surface area contributed by atoms with Crippen molar-refractivity contribution in [3.63, 3.8) is 0 Å². The van der Waals surface area contributed by atoms with Gasteiger partial charge in [-0.25, -0.2) is 4.39 Å². The average molecular weight is 549 g/mol. The number of halogens is 2. The lowest BCUT2D eigenvalue weighted by molar-refractivity contribution is 0.0604. The molecule has 0 spiro atoms. The molecule has 1 amide bonds. The Morgan fingerprint density at radius 2 is 1.68 bits per heavy atom. The van der Waals surface area contributed by atoms with Gasteiger partial charge in [0.05, 0.1) is 5.02 Å². The molecule has 0 unspecified atom stereocenters.